The van der Waals surface area contributed by atoms with E-state index in [9.17, 15) is 4.79 Å². The number of quaternary nitrogens is 1. The van der Waals surface area contributed by atoms with Crippen LogP contribution in [0.25, 0.3) is 11.0 Å². The summed E-state index contributed by atoms with van der Waals surface area (Å²) in [5.74, 6) is 1.03. The van der Waals surface area contributed by atoms with E-state index in [1.807, 2.05) is 54.6 Å². The molecule has 0 bridgehead atoms. The number of carbonyl (C=O) groups excluding carboxylic acids is 1. The SMILES string of the molecule is CC[NH+](CC)CCn1c(NC(=O)COc2ccccc2)nc2ccccc21. The average Bonchev–Trinajstić information content (AvgIpc) is 3.05. The predicted octanol–water partition coefficient (Wildman–Crippen LogP) is 1.98. The first kappa shape index (κ1) is 18.9. The van der Waals surface area contributed by atoms with Crippen LogP contribution in [0.5, 0.6) is 5.75 Å². The lowest BCUT2D eigenvalue weighted by Gasteiger charge is -2.17. The monoisotopic (exact) mass is 367 g/mol. The molecule has 3 rings (SSSR count). The molecule has 0 saturated carbocycles. The van der Waals surface area contributed by atoms with Crippen molar-refractivity contribution in [3.63, 3.8) is 0 Å². The molecule has 0 aliphatic heterocycles. The lowest BCUT2D eigenvalue weighted by atomic mass is 10.3. The Balaban J connectivity index is 1.72. The largest absolute Gasteiger partial charge is 0.484 e. The van der Waals surface area contributed by atoms with Gasteiger partial charge in [0.1, 0.15) is 5.75 Å². The summed E-state index contributed by atoms with van der Waals surface area (Å²) in [6, 6.07) is 17.3. The topological polar surface area (TPSA) is 60.6 Å². The van der Waals surface area contributed by atoms with Gasteiger partial charge in [-0.05, 0) is 38.1 Å². The van der Waals surface area contributed by atoms with Crippen LogP contribution in [0.15, 0.2) is 54.6 Å². The highest BCUT2D eigenvalue weighted by atomic mass is 16.5. The molecule has 2 N–H and O–H groups in total. The number of benzene rings is 2. The highest BCUT2D eigenvalue weighted by Crippen LogP contribution is 2.19. The summed E-state index contributed by atoms with van der Waals surface area (Å²) in [4.78, 5) is 18.5. The van der Waals surface area contributed by atoms with Gasteiger partial charge in [0.2, 0.25) is 5.95 Å². The molecule has 0 saturated heterocycles. The molecule has 1 aromatic heterocycles. The first-order chi connectivity index (χ1) is 13.2. The van der Waals surface area contributed by atoms with E-state index in [2.05, 4.69) is 28.7 Å². The van der Waals surface area contributed by atoms with Crippen LogP contribution in [0.2, 0.25) is 0 Å². The van der Waals surface area contributed by atoms with Crippen molar-refractivity contribution in [3.8, 4) is 5.75 Å². The first-order valence-corrected chi connectivity index (χ1v) is 9.47. The van der Waals surface area contributed by atoms with Crippen molar-refractivity contribution < 1.29 is 14.4 Å². The molecule has 0 atom stereocenters. The molecule has 0 unspecified atom stereocenters. The fourth-order valence-electron chi connectivity index (χ4n) is 3.10. The molecule has 27 heavy (non-hydrogen) atoms. The number of carbonyl (C=O) groups is 1. The summed E-state index contributed by atoms with van der Waals surface area (Å²) < 4.78 is 7.62. The molecule has 2 aromatic carbocycles. The lowest BCUT2D eigenvalue weighted by Crippen LogP contribution is -3.11. The molecule has 0 fully saturated rings. The number of aromatic nitrogens is 2. The standard InChI is InChI=1S/C21H26N4O2/c1-3-24(4-2)14-15-25-19-13-9-8-12-18(19)22-21(25)23-20(26)16-27-17-10-6-5-7-11-17/h5-13H,3-4,14-16H2,1-2H3,(H,22,23,26)/p+1. The molecular weight excluding hydrogens is 340 g/mol. The van der Waals surface area contributed by atoms with Gasteiger partial charge in [0.05, 0.1) is 37.2 Å². The van der Waals surface area contributed by atoms with Gasteiger partial charge in [0.25, 0.3) is 5.91 Å². The van der Waals surface area contributed by atoms with E-state index in [-0.39, 0.29) is 12.5 Å². The number of hydrogen-bond donors (Lipinski definition) is 2. The van der Waals surface area contributed by atoms with Crippen LogP contribution >= 0.6 is 0 Å². The number of hydrogen-bond acceptors (Lipinski definition) is 3. The zero-order valence-corrected chi connectivity index (χ0v) is 15.9. The van der Waals surface area contributed by atoms with E-state index >= 15 is 0 Å². The van der Waals surface area contributed by atoms with E-state index in [0.717, 1.165) is 37.2 Å². The van der Waals surface area contributed by atoms with Gasteiger partial charge in [-0.2, -0.15) is 0 Å². The van der Waals surface area contributed by atoms with Crippen LogP contribution in [0.4, 0.5) is 5.95 Å². The maximum Gasteiger partial charge on any atom is 0.264 e. The Morgan fingerprint density at radius 1 is 1.07 bits per heavy atom. The number of fused-ring (bicyclic) bond motifs is 1. The van der Waals surface area contributed by atoms with Crippen molar-refractivity contribution in [2.45, 2.75) is 20.4 Å². The third kappa shape index (κ3) is 4.86. The van der Waals surface area contributed by atoms with Crippen LogP contribution in [0.3, 0.4) is 0 Å². The Kier molecular flexibility index (Phi) is 6.44. The number of para-hydroxylation sites is 3. The highest BCUT2D eigenvalue weighted by molar-refractivity contribution is 5.92. The summed E-state index contributed by atoms with van der Waals surface area (Å²) in [6.07, 6.45) is 0. The minimum absolute atomic E-state index is 0.0471. The summed E-state index contributed by atoms with van der Waals surface area (Å²) in [7, 11) is 0. The van der Waals surface area contributed by atoms with E-state index < -0.39 is 0 Å². The Hall–Kier alpha value is -2.86. The molecule has 142 valence electrons. The predicted molar refractivity (Wildman–Crippen MR) is 107 cm³/mol. The maximum absolute atomic E-state index is 12.4. The van der Waals surface area contributed by atoms with Gasteiger partial charge in [-0.15, -0.1) is 0 Å². The number of amides is 1. The number of ether oxygens (including phenoxy) is 1. The Morgan fingerprint density at radius 2 is 1.78 bits per heavy atom. The van der Waals surface area contributed by atoms with E-state index in [0.29, 0.717) is 11.7 Å². The van der Waals surface area contributed by atoms with Gasteiger partial charge >= 0.3 is 0 Å². The summed E-state index contributed by atoms with van der Waals surface area (Å²) >= 11 is 0. The van der Waals surface area contributed by atoms with E-state index in [1.54, 1.807) is 0 Å². The van der Waals surface area contributed by atoms with Crippen LogP contribution in [-0.2, 0) is 11.3 Å². The van der Waals surface area contributed by atoms with Gasteiger partial charge in [0, 0.05) is 0 Å². The Bertz CT molecular complexity index is 872. The minimum atomic E-state index is -0.217. The zero-order valence-electron chi connectivity index (χ0n) is 15.9. The van der Waals surface area contributed by atoms with Crippen molar-refractivity contribution in [1.82, 2.24) is 9.55 Å². The maximum atomic E-state index is 12.4. The number of likely N-dealkylation sites (N-methyl/N-ethyl adjacent to an activating group) is 1. The molecular formula is C21H27N4O2+. The molecule has 3 aromatic rings. The second-order valence-corrected chi connectivity index (χ2v) is 6.43. The Labute approximate surface area is 159 Å². The number of imidazole rings is 1. The van der Waals surface area contributed by atoms with Gasteiger partial charge in [0.15, 0.2) is 6.61 Å². The molecule has 0 radical (unpaired) electrons. The molecule has 0 spiro atoms. The van der Waals surface area contributed by atoms with Crippen molar-refractivity contribution >= 4 is 22.9 Å². The Morgan fingerprint density at radius 3 is 2.52 bits per heavy atom. The molecule has 6 heteroatoms. The van der Waals surface area contributed by atoms with Crippen molar-refractivity contribution in [3.05, 3.63) is 54.6 Å². The second kappa shape index (κ2) is 9.19. The molecule has 1 heterocycles. The number of nitrogens with one attached hydrogen (secondary N) is 2. The van der Waals surface area contributed by atoms with Gasteiger partial charge in [-0.1, -0.05) is 30.3 Å². The van der Waals surface area contributed by atoms with E-state index in [1.165, 1.54) is 4.90 Å². The molecule has 0 aliphatic carbocycles. The highest BCUT2D eigenvalue weighted by Gasteiger charge is 2.15. The second-order valence-electron chi connectivity index (χ2n) is 6.43. The molecule has 0 aliphatic rings. The number of rotatable bonds is 9. The third-order valence-corrected chi connectivity index (χ3v) is 4.71. The summed E-state index contributed by atoms with van der Waals surface area (Å²) in [5.41, 5.74) is 1.91. The van der Waals surface area contributed by atoms with E-state index in [4.69, 9.17) is 4.74 Å². The van der Waals surface area contributed by atoms with Crippen LogP contribution in [0.1, 0.15) is 13.8 Å². The smallest absolute Gasteiger partial charge is 0.264 e. The first-order valence-electron chi connectivity index (χ1n) is 9.47. The fourth-order valence-corrected chi connectivity index (χ4v) is 3.10. The van der Waals surface area contributed by atoms with Crippen LogP contribution in [-0.4, -0.2) is 41.7 Å². The van der Waals surface area contributed by atoms with Crippen LogP contribution in [0, 0.1) is 0 Å². The van der Waals surface area contributed by atoms with Crippen LogP contribution < -0.4 is 15.0 Å². The quantitative estimate of drug-likeness (QED) is 0.608. The normalized spacial score (nSPS) is 11.1. The zero-order chi connectivity index (χ0) is 19.1. The minimum Gasteiger partial charge on any atom is -0.484 e. The summed E-state index contributed by atoms with van der Waals surface area (Å²) in [6.45, 7) is 8.27. The molecule has 6 nitrogen and oxygen atoms in total. The average molecular weight is 367 g/mol. The van der Waals surface area contributed by atoms with Gasteiger partial charge in [-0.3, -0.25) is 10.1 Å². The van der Waals surface area contributed by atoms with Gasteiger partial charge in [-0.25, -0.2) is 4.98 Å². The number of nitrogens with zero attached hydrogens (tertiary/aromatic N) is 2. The molecule has 1 amide bonds. The lowest BCUT2D eigenvalue weighted by molar-refractivity contribution is -0.897. The van der Waals surface area contributed by atoms with Crippen molar-refractivity contribution in [2.24, 2.45) is 0 Å². The summed E-state index contributed by atoms with van der Waals surface area (Å²) in [5, 5.41) is 2.91. The fraction of sp³-hybridized carbons (Fsp3) is 0.333. The van der Waals surface area contributed by atoms with Crippen molar-refractivity contribution in [1.29, 1.82) is 0 Å². The van der Waals surface area contributed by atoms with Crippen molar-refractivity contribution in [2.75, 3.05) is 31.6 Å². The van der Waals surface area contributed by atoms with Gasteiger partial charge < -0.3 is 14.2 Å². The third-order valence-electron chi connectivity index (χ3n) is 4.71. The number of anilines is 1.